The number of benzene rings is 1. The van der Waals surface area contributed by atoms with E-state index < -0.39 is 9.84 Å². The number of sulfone groups is 1. The lowest BCUT2D eigenvalue weighted by Gasteiger charge is -1.97. The predicted octanol–water partition coefficient (Wildman–Crippen LogP) is 0.434. The number of hydrogen-bond donors (Lipinski definition) is 1. The van der Waals surface area contributed by atoms with Crippen molar-refractivity contribution >= 4 is 9.84 Å². The number of aliphatic hydroxyl groups excluding tert-OH is 1. The molecule has 0 aliphatic carbocycles. The largest absolute Gasteiger partial charge is 0.384 e. The number of rotatable bonds is 1. The Morgan fingerprint density at radius 2 is 2.14 bits per heavy atom. The molecule has 74 valence electrons. The second kappa shape index (κ2) is 4.27. The van der Waals surface area contributed by atoms with E-state index in [2.05, 4.69) is 11.8 Å². The van der Waals surface area contributed by atoms with Crippen molar-refractivity contribution in [3.8, 4) is 11.8 Å². The maximum Gasteiger partial charge on any atom is 0.175 e. The van der Waals surface area contributed by atoms with Crippen LogP contribution in [0.4, 0.5) is 0 Å². The van der Waals surface area contributed by atoms with Gasteiger partial charge in [0.25, 0.3) is 0 Å². The van der Waals surface area contributed by atoms with Crippen LogP contribution in [0.3, 0.4) is 0 Å². The third-order valence-corrected chi connectivity index (χ3v) is 2.68. The summed E-state index contributed by atoms with van der Waals surface area (Å²) in [4.78, 5) is 0.238. The number of aliphatic hydroxyl groups is 1. The Kier molecular flexibility index (Phi) is 3.28. The van der Waals surface area contributed by atoms with Gasteiger partial charge < -0.3 is 5.11 Å². The van der Waals surface area contributed by atoms with E-state index in [1.165, 1.54) is 12.1 Å². The van der Waals surface area contributed by atoms with Gasteiger partial charge in [0.15, 0.2) is 9.84 Å². The predicted molar refractivity (Wildman–Crippen MR) is 53.5 cm³/mol. The van der Waals surface area contributed by atoms with Crippen LogP contribution in [0, 0.1) is 11.8 Å². The minimum absolute atomic E-state index is 0.233. The molecule has 4 heteroatoms. The quantitative estimate of drug-likeness (QED) is 0.684. The zero-order chi connectivity index (χ0) is 10.6. The van der Waals surface area contributed by atoms with E-state index in [0.29, 0.717) is 5.56 Å². The first-order chi connectivity index (χ1) is 6.54. The third kappa shape index (κ3) is 2.87. The van der Waals surface area contributed by atoms with Crippen molar-refractivity contribution in [3.05, 3.63) is 29.8 Å². The molecule has 0 spiro atoms. The molecule has 0 bridgehead atoms. The average Bonchev–Trinajstić information content (AvgIpc) is 2.14. The fourth-order valence-corrected chi connectivity index (χ4v) is 1.61. The van der Waals surface area contributed by atoms with Gasteiger partial charge in [-0.1, -0.05) is 17.9 Å². The Morgan fingerprint density at radius 1 is 1.43 bits per heavy atom. The van der Waals surface area contributed by atoms with E-state index in [-0.39, 0.29) is 11.5 Å². The van der Waals surface area contributed by atoms with Crippen LogP contribution in [0.15, 0.2) is 29.2 Å². The van der Waals surface area contributed by atoms with Crippen LogP contribution in [-0.4, -0.2) is 26.4 Å². The minimum atomic E-state index is -3.18. The first-order valence-electron chi connectivity index (χ1n) is 3.94. The summed E-state index contributed by atoms with van der Waals surface area (Å²) in [6.45, 7) is -0.233. The van der Waals surface area contributed by atoms with E-state index in [1.807, 2.05) is 0 Å². The van der Waals surface area contributed by atoms with Gasteiger partial charge >= 0.3 is 0 Å². The summed E-state index contributed by atoms with van der Waals surface area (Å²) in [7, 11) is -3.18. The maximum atomic E-state index is 11.2. The molecule has 1 N–H and O–H groups in total. The zero-order valence-corrected chi connectivity index (χ0v) is 8.50. The van der Waals surface area contributed by atoms with Gasteiger partial charge in [0.1, 0.15) is 6.61 Å². The molecule has 1 aromatic rings. The molecule has 0 saturated heterocycles. The fourth-order valence-electron chi connectivity index (χ4n) is 0.946. The highest BCUT2D eigenvalue weighted by atomic mass is 32.2. The average molecular weight is 210 g/mol. The lowest BCUT2D eigenvalue weighted by atomic mass is 10.2. The molecule has 0 aromatic heterocycles. The molecular formula is C10H10O3S. The van der Waals surface area contributed by atoms with Crippen molar-refractivity contribution in [3.63, 3.8) is 0 Å². The topological polar surface area (TPSA) is 54.4 Å². The highest BCUT2D eigenvalue weighted by Gasteiger charge is 2.05. The van der Waals surface area contributed by atoms with Gasteiger partial charge in [-0.25, -0.2) is 8.42 Å². The van der Waals surface area contributed by atoms with Gasteiger partial charge in [0.2, 0.25) is 0 Å². The molecule has 0 aliphatic rings. The van der Waals surface area contributed by atoms with Crippen molar-refractivity contribution < 1.29 is 13.5 Å². The van der Waals surface area contributed by atoms with Crippen LogP contribution < -0.4 is 0 Å². The van der Waals surface area contributed by atoms with Crippen molar-refractivity contribution in [1.29, 1.82) is 0 Å². The van der Waals surface area contributed by atoms with E-state index in [1.54, 1.807) is 12.1 Å². The highest BCUT2D eigenvalue weighted by molar-refractivity contribution is 7.90. The summed E-state index contributed by atoms with van der Waals surface area (Å²) < 4.78 is 22.3. The molecule has 0 unspecified atom stereocenters. The van der Waals surface area contributed by atoms with Gasteiger partial charge in [-0.15, -0.1) is 0 Å². The molecule has 0 radical (unpaired) electrons. The SMILES string of the molecule is CS(=O)(=O)c1cccc(C#CCO)c1. The van der Waals surface area contributed by atoms with Crippen LogP contribution in [0.5, 0.6) is 0 Å². The van der Waals surface area contributed by atoms with E-state index >= 15 is 0 Å². The van der Waals surface area contributed by atoms with Crippen molar-refractivity contribution in [2.45, 2.75) is 4.90 Å². The lowest BCUT2D eigenvalue weighted by Crippen LogP contribution is -1.96. The summed E-state index contributed by atoms with van der Waals surface area (Å²) in [6.07, 6.45) is 1.14. The number of hydrogen-bond acceptors (Lipinski definition) is 3. The van der Waals surface area contributed by atoms with Crippen molar-refractivity contribution in [1.82, 2.24) is 0 Å². The molecule has 3 nitrogen and oxygen atoms in total. The third-order valence-electron chi connectivity index (χ3n) is 1.57. The molecule has 0 saturated carbocycles. The van der Waals surface area contributed by atoms with E-state index in [0.717, 1.165) is 6.26 Å². The summed E-state index contributed by atoms with van der Waals surface area (Å²) in [5.41, 5.74) is 0.585. The summed E-state index contributed by atoms with van der Waals surface area (Å²) >= 11 is 0. The fraction of sp³-hybridized carbons (Fsp3) is 0.200. The molecule has 0 aliphatic heterocycles. The van der Waals surface area contributed by atoms with Crippen LogP contribution in [0.1, 0.15) is 5.56 Å². The lowest BCUT2D eigenvalue weighted by molar-refractivity contribution is 0.350. The normalized spacial score (nSPS) is 10.4. The van der Waals surface area contributed by atoms with Gasteiger partial charge in [0, 0.05) is 11.8 Å². The van der Waals surface area contributed by atoms with E-state index in [4.69, 9.17) is 5.11 Å². The Bertz CT molecular complexity index is 478. The van der Waals surface area contributed by atoms with Gasteiger partial charge in [-0.05, 0) is 18.2 Å². The van der Waals surface area contributed by atoms with Crippen LogP contribution in [0.25, 0.3) is 0 Å². The van der Waals surface area contributed by atoms with Crippen molar-refractivity contribution in [2.75, 3.05) is 12.9 Å². The highest BCUT2D eigenvalue weighted by Crippen LogP contribution is 2.10. The second-order valence-electron chi connectivity index (χ2n) is 2.76. The summed E-state index contributed by atoms with van der Waals surface area (Å²) in [6, 6.07) is 6.31. The molecule has 0 heterocycles. The summed E-state index contributed by atoms with van der Waals surface area (Å²) in [5.74, 6) is 5.10. The van der Waals surface area contributed by atoms with Crippen LogP contribution in [0.2, 0.25) is 0 Å². The van der Waals surface area contributed by atoms with Crippen molar-refractivity contribution in [2.24, 2.45) is 0 Å². The Labute approximate surface area is 83.3 Å². The molecule has 1 rings (SSSR count). The van der Waals surface area contributed by atoms with Gasteiger partial charge in [-0.2, -0.15) is 0 Å². The molecule has 14 heavy (non-hydrogen) atoms. The Morgan fingerprint density at radius 3 is 2.71 bits per heavy atom. The van der Waals surface area contributed by atoms with Crippen LogP contribution in [-0.2, 0) is 9.84 Å². The minimum Gasteiger partial charge on any atom is -0.384 e. The smallest absolute Gasteiger partial charge is 0.175 e. The Hall–Kier alpha value is -1.31. The summed E-state index contributed by atoms with van der Waals surface area (Å²) in [5, 5.41) is 8.46. The monoisotopic (exact) mass is 210 g/mol. The standard InChI is InChI=1S/C10H10O3S/c1-14(12,13)10-6-2-4-9(8-10)5-3-7-11/h2,4,6,8,11H,7H2,1H3. The first-order valence-corrected chi connectivity index (χ1v) is 5.83. The zero-order valence-electron chi connectivity index (χ0n) is 7.69. The molecule has 0 atom stereocenters. The first kappa shape index (κ1) is 10.8. The van der Waals surface area contributed by atoms with Crippen LogP contribution >= 0.6 is 0 Å². The Balaban J connectivity index is 3.14. The molecule has 0 fully saturated rings. The second-order valence-corrected chi connectivity index (χ2v) is 4.78. The van der Waals surface area contributed by atoms with E-state index in [9.17, 15) is 8.42 Å². The van der Waals surface area contributed by atoms with Gasteiger partial charge in [-0.3, -0.25) is 0 Å². The molecular weight excluding hydrogens is 200 g/mol. The molecule has 0 amide bonds. The maximum absolute atomic E-state index is 11.2. The van der Waals surface area contributed by atoms with Gasteiger partial charge in [0.05, 0.1) is 4.90 Å². The molecule has 1 aromatic carbocycles.